The van der Waals surface area contributed by atoms with E-state index in [9.17, 15) is 0 Å². The van der Waals surface area contributed by atoms with Crippen LogP contribution < -0.4 is 5.32 Å². The van der Waals surface area contributed by atoms with Gasteiger partial charge < -0.3 is 14.6 Å². The standard InChI is InChI=1S/C12H19N3O2.ClH/c1(9-3-5-13-7-9)2-11-14-12(15-17-11)10-4-6-16-8-10;/h9-10,13H,1-8H2;1H. The molecule has 1 N–H and O–H groups in total. The van der Waals surface area contributed by atoms with Crippen molar-refractivity contribution in [2.75, 3.05) is 26.3 Å². The third-order valence-electron chi connectivity index (χ3n) is 3.71. The van der Waals surface area contributed by atoms with Gasteiger partial charge in [-0.15, -0.1) is 12.4 Å². The second-order valence-corrected chi connectivity index (χ2v) is 5.00. The van der Waals surface area contributed by atoms with Gasteiger partial charge in [-0.05, 0) is 38.3 Å². The second-order valence-electron chi connectivity index (χ2n) is 5.00. The van der Waals surface area contributed by atoms with E-state index < -0.39 is 0 Å². The molecule has 0 radical (unpaired) electrons. The Balaban J connectivity index is 0.00000120. The fourth-order valence-electron chi connectivity index (χ4n) is 2.56. The number of halogens is 1. The van der Waals surface area contributed by atoms with Crippen molar-refractivity contribution in [1.82, 2.24) is 15.5 Å². The number of aryl methyl sites for hydroxylation is 1. The SMILES string of the molecule is C1CC(CCc2nc(C3CCOC3)no2)CN1.Cl. The van der Waals surface area contributed by atoms with Crippen molar-refractivity contribution < 1.29 is 9.26 Å². The molecule has 3 heterocycles. The van der Waals surface area contributed by atoms with Gasteiger partial charge in [-0.3, -0.25) is 0 Å². The molecule has 6 heteroatoms. The third kappa shape index (κ3) is 3.22. The quantitative estimate of drug-likeness (QED) is 0.902. The number of ether oxygens (including phenoxy) is 1. The van der Waals surface area contributed by atoms with Gasteiger partial charge in [-0.25, -0.2) is 0 Å². The molecule has 0 saturated carbocycles. The molecule has 2 saturated heterocycles. The van der Waals surface area contributed by atoms with Crippen molar-refractivity contribution in [3.63, 3.8) is 0 Å². The lowest BCUT2D eigenvalue weighted by atomic mass is 10.0. The van der Waals surface area contributed by atoms with Crippen LogP contribution >= 0.6 is 12.4 Å². The molecule has 18 heavy (non-hydrogen) atoms. The Kier molecular flexibility index (Phi) is 4.97. The number of hydrogen-bond acceptors (Lipinski definition) is 5. The fraction of sp³-hybridized carbons (Fsp3) is 0.833. The smallest absolute Gasteiger partial charge is 0.226 e. The van der Waals surface area contributed by atoms with Crippen LogP contribution in [-0.2, 0) is 11.2 Å². The van der Waals surface area contributed by atoms with Crippen LogP contribution in [0.15, 0.2) is 4.52 Å². The molecule has 2 aliphatic heterocycles. The number of nitrogens with zero attached hydrogens (tertiary/aromatic N) is 2. The molecular weight excluding hydrogens is 254 g/mol. The van der Waals surface area contributed by atoms with Crippen molar-refractivity contribution in [1.29, 1.82) is 0 Å². The zero-order chi connectivity index (χ0) is 11.5. The molecular formula is C12H20ClN3O2. The molecule has 0 amide bonds. The molecule has 0 spiro atoms. The summed E-state index contributed by atoms with van der Waals surface area (Å²) in [5.74, 6) is 2.75. The van der Waals surface area contributed by atoms with Gasteiger partial charge in [0.2, 0.25) is 5.89 Å². The van der Waals surface area contributed by atoms with Crippen LogP contribution in [0.2, 0.25) is 0 Å². The lowest BCUT2D eigenvalue weighted by Gasteiger charge is -2.04. The molecule has 0 bridgehead atoms. The zero-order valence-corrected chi connectivity index (χ0v) is 11.2. The molecule has 2 unspecified atom stereocenters. The maximum absolute atomic E-state index is 5.33. The molecule has 1 aromatic rings. The first-order chi connectivity index (χ1) is 8.42. The normalized spacial score (nSPS) is 27.3. The van der Waals surface area contributed by atoms with E-state index in [1.54, 1.807) is 0 Å². The predicted octanol–water partition coefficient (Wildman–Crippen LogP) is 1.54. The van der Waals surface area contributed by atoms with E-state index in [4.69, 9.17) is 9.26 Å². The zero-order valence-electron chi connectivity index (χ0n) is 10.4. The number of nitrogens with one attached hydrogen (secondary N) is 1. The summed E-state index contributed by atoms with van der Waals surface area (Å²) in [6, 6.07) is 0. The minimum atomic E-state index is 0. The summed E-state index contributed by atoms with van der Waals surface area (Å²) < 4.78 is 10.6. The van der Waals surface area contributed by atoms with E-state index in [0.29, 0.717) is 5.92 Å². The van der Waals surface area contributed by atoms with Crippen LogP contribution in [0.25, 0.3) is 0 Å². The van der Waals surface area contributed by atoms with Gasteiger partial charge in [-0.2, -0.15) is 4.98 Å². The van der Waals surface area contributed by atoms with Crippen molar-refractivity contribution in [3.05, 3.63) is 11.7 Å². The van der Waals surface area contributed by atoms with Crippen LogP contribution in [-0.4, -0.2) is 36.4 Å². The first-order valence-corrected chi connectivity index (χ1v) is 6.53. The summed E-state index contributed by atoms with van der Waals surface area (Å²) in [7, 11) is 0. The summed E-state index contributed by atoms with van der Waals surface area (Å²) in [5.41, 5.74) is 0. The van der Waals surface area contributed by atoms with E-state index in [-0.39, 0.29) is 12.4 Å². The van der Waals surface area contributed by atoms with Gasteiger partial charge in [-0.1, -0.05) is 5.16 Å². The topological polar surface area (TPSA) is 60.2 Å². The Labute approximate surface area is 113 Å². The van der Waals surface area contributed by atoms with E-state index in [1.165, 1.54) is 6.42 Å². The van der Waals surface area contributed by atoms with Crippen LogP contribution in [0, 0.1) is 5.92 Å². The molecule has 5 nitrogen and oxygen atoms in total. The van der Waals surface area contributed by atoms with Gasteiger partial charge >= 0.3 is 0 Å². The molecule has 3 rings (SSSR count). The number of aromatic nitrogens is 2. The third-order valence-corrected chi connectivity index (χ3v) is 3.71. The highest BCUT2D eigenvalue weighted by molar-refractivity contribution is 5.85. The Hall–Kier alpha value is -0.650. The largest absolute Gasteiger partial charge is 0.381 e. The van der Waals surface area contributed by atoms with E-state index >= 15 is 0 Å². The maximum Gasteiger partial charge on any atom is 0.226 e. The predicted molar refractivity (Wildman–Crippen MR) is 69.0 cm³/mol. The second kappa shape index (κ2) is 6.50. The highest BCUT2D eigenvalue weighted by Gasteiger charge is 2.23. The average Bonchev–Trinajstić information content (AvgIpc) is 3.09. The molecule has 2 aliphatic rings. The van der Waals surface area contributed by atoms with Gasteiger partial charge in [0.25, 0.3) is 0 Å². The van der Waals surface area contributed by atoms with Crippen molar-refractivity contribution in [3.8, 4) is 0 Å². The van der Waals surface area contributed by atoms with Crippen LogP contribution in [0.4, 0.5) is 0 Å². The Morgan fingerprint density at radius 1 is 1.33 bits per heavy atom. The first kappa shape index (κ1) is 13.8. The average molecular weight is 274 g/mol. The molecule has 0 aliphatic carbocycles. The number of rotatable bonds is 4. The molecule has 1 aromatic heterocycles. The van der Waals surface area contributed by atoms with Crippen molar-refractivity contribution in [2.45, 2.75) is 31.6 Å². The van der Waals surface area contributed by atoms with E-state index in [2.05, 4.69) is 15.5 Å². The van der Waals surface area contributed by atoms with Gasteiger partial charge in [0, 0.05) is 18.9 Å². The van der Waals surface area contributed by atoms with E-state index in [1.807, 2.05) is 0 Å². The minimum Gasteiger partial charge on any atom is -0.381 e. The maximum atomic E-state index is 5.33. The summed E-state index contributed by atoms with van der Waals surface area (Å²) in [5, 5.41) is 7.44. The molecule has 102 valence electrons. The highest BCUT2D eigenvalue weighted by atomic mass is 35.5. The van der Waals surface area contributed by atoms with Crippen LogP contribution in [0.3, 0.4) is 0 Å². The van der Waals surface area contributed by atoms with Crippen molar-refractivity contribution in [2.24, 2.45) is 5.92 Å². The summed E-state index contributed by atoms with van der Waals surface area (Å²) in [4.78, 5) is 4.48. The van der Waals surface area contributed by atoms with Crippen LogP contribution in [0.1, 0.15) is 36.9 Å². The lowest BCUT2D eigenvalue weighted by Crippen LogP contribution is -2.09. The first-order valence-electron chi connectivity index (χ1n) is 6.53. The van der Waals surface area contributed by atoms with Crippen molar-refractivity contribution >= 4 is 12.4 Å². The Morgan fingerprint density at radius 3 is 3.00 bits per heavy atom. The Morgan fingerprint density at radius 2 is 2.28 bits per heavy atom. The summed E-state index contributed by atoms with van der Waals surface area (Å²) in [6.45, 7) is 3.85. The minimum absolute atomic E-state index is 0. The fourth-order valence-corrected chi connectivity index (χ4v) is 2.56. The van der Waals surface area contributed by atoms with E-state index in [0.717, 1.165) is 63.2 Å². The molecule has 0 aromatic carbocycles. The summed E-state index contributed by atoms with van der Waals surface area (Å²) in [6.07, 6.45) is 4.35. The van der Waals surface area contributed by atoms with Gasteiger partial charge in [0.15, 0.2) is 5.82 Å². The van der Waals surface area contributed by atoms with Crippen LogP contribution in [0.5, 0.6) is 0 Å². The molecule has 2 fully saturated rings. The monoisotopic (exact) mass is 273 g/mol. The van der Waals surface area contributed by atoms with Gasteiger partial charge in [0.1, 0.15) is 0 Å². The Bertz CT molecular complexity index is 360. The molecule has 2 atom stereocenters. The summed E-state index contributed by atoms with van der Waals surface area (Å²) >= 11 is 0. The van der Waals surface area contributed by atoms with Gasteiger partial charge in [0.05, 0.1) is 6.61 Å². The number of hydrogen-bond donors (Lipinski definition) is 1. The highest BCUT2D eigenvalue weighted by Crippen LogP contribution is 2.23. The lowest BCUT2D eigenvalue weighted by molar-refractivity contribution is 0.192.